The van der Waals surface area contributed by atoms with Gasteiger partial charge in [0.2, 0.25) is 10.0 Å². The average molecular weight is 399 g/mol. The van der Waals surface area contributed by atoms with Crippen molar-refractivity contribution in [3.63, 3.8) is 0 Å². The second-order valence-electron chi connectivity index (χ2n) is 5.88. The number of amides is 3. The lowest BCUT2D eigenvalue weighted by Gasteiger charge is -2.10. The lowest BCUT2D eigenvalue weighted by Crippen LogP contribution is -2.41. The van der Waals surface area contributed by atoms with E-state index in [2.05, 4.69) is 10.0 Å². The molecule has 3 amide bonds. The minimum absolute atomic E-state index is 0.147. The quantitative estimate of drug-likeness (QED) is 0.525. The van der Waals surface area contributed by atoms with Crippen LogP contribution in [0.25, 0.3) is 0 Å². The maximum Gasteiger partial charge on any atom is 0.321 e. The molecule has 0 saturated heterocycles. The van der Waals surface area contributed by atoms with E-state index in [1.807, 2.05) is 12.2 Å². The standard InChI is InChI=1S/C17H25N3O6S/c1-4-8-18-17(23)20-15(21)11-26-16(22)7-9-19-27(24,25)14-10-12(2)5-6-13(14)3/h5-6,10,19H,4,7-9,11H2,1-3H3,(H2,18,20,21,23). The fourth-order valence-electron chi connectivity index (χ4n) is 2.03. The van der Waals surface area contributed by atoms with Crippen molar-refractivity contribution in [1.29, 1.82) is 0 Å². The summed E-state index contributed by atoms with van der Waals surface area (Å²) in [5.41, 5.74) is 1.39. The molecule has 0 aromatic heterocycles. The number of urea groups is 1. The van der Waals surface area contributed by atoms with Gasteiger partial charge in [0.05, 0.1) is 11.3 Å². The molecule has 27 heavy (non-hydrogen) atoms. The monoisotopic (exact) mass is 399 g/mol. The highest BCUT2D eigenvalue weighted by Crippen LogP contribution is 2.16. The number of hydrogen-bond donors (Lipinski definition) is 3. The highest BCUT2D eigenvalue weighted by molar-refractivity contribution is 7.89. The van der Waals surface area contributed by atoms with Gasteiger partial charge in [-0.05, 0) is 37.5 Å². The Morgan fingerprint density at radius 3 is 2.48 bits per heavy atom. The fourth-order valence-corrected chi connectivity index (χ4v) is 3.38. The van der Waals surface area contributed by atoms with Crippen molar-refractivity contribution < 1.29 is 27.5 Å². The van der Waals surface area contributed by atoms with Gasteiger partial charge in [-0.2, -0.15) is 0 Å². The number of sulfonamides is 1. The number of carbonyl (C=O) groups is 3. The minimum atomic E-state index is -3.76. The summed E-state index contributed by atoms with van der Waals surface area (Å²) >= 11 is 0. The normalized spacial score (nSPS) is 10.9. The number of ether oxygens (including phenoxy) is 1. The van der Waals surface area contributed by atoms with E-state index in [0.717, 1.165) is 5.56 Å². The Morgan fingerprint density at radius 2 is 1.81 bits per heavy atom. The van der Waals surface area contributed by atoms with Crippen LogP contribution in [0.15, 0.2) is 23.1 Å². The van der Waals surface area contributed by atoms with Crippen molar-refractivity contribution in [2.45, 2.75) is 38.5 Å². The van der Waals surface area contributed by atoms with E-state index in [1.54, 1.807) is 32.0 Å². The molecule has 0 radical (unpaired) electrons. The van der Waals surface area contributed by atoms with Crippen molar-refractivity contribution in [1.82, 2.24) is 15.4 Å². The average Bonchev–Trinajstić information content (AvgIpc) is 2.60. The molecule has 0 atom stereocenters. The fraction of sp³-hybridized carbons (Fsp3) is 0.471. The van der Waals surface area contributed by atoms with Crippen molar-refractivity contribution >= 4 is 27.9 Å². The van der Waals surface area contributed by atoms with Gasteiger partial charge in [-0.3, -0.25) is 14.9 Å². The van der Waals surface area contributed by atoms with Crippen LogP contribution < -0.4 is 15.4 Å². The smallest absolute Gasteiger partial charge is 0.321 e. The molecule has 9 nitrogen and oxygen atoms in total. The van der Waals surface area contributed by atoms with Gasteiger partial charge in [-0.1, -0.05) is 19.1 Å². The summed E-state index contributed by atoms with van der Waals surface area (Å²) in [5, 5.41) is 4.44. The lowest BCUT2D eigenvalue weighted by atomic mass is 10.2. The molecule has 0 heterocycles. The van der Waals surface area contributed by atoms with Gasteiger partial charge < -0.3 is 10.1 Å². The third-order valence-electron chi connectivity index (χ3n) is 3.41. The van der Waals surface area contributed by atoms with Gasteiger partial charge in [0.15, 0.2) is 6.61 Å². The van der Waals surface area contributed by atoms with Crippen LogP contribution in [0, 0.1) is 13.8 Å². The molecular weight excluding hydrogens is 374 g/mol. The molecule has 0 aliphatic heterocycles. The summed E-state index contributed by atoms with van der Waals surface area (Å²) in [4.78, 5) is 34.5. The first kappa shape index (κ1) is 22.6. The van der Waals surface area contributed by atoms with Crippen molar-refractivity contribution in [2.75, 3.05) is 19.7 Å². The molecule has 1 rings (SSSR count). The van der Waals surface area contributed by atoms with Gasteiger partial charge in [0.25, 0.3) is 5.91 Å². The topological polar surface area (TPSA) is 131 Å². The number of esters is 1. The Bertz CT molecular complexity index is 792. The number of aryl methyl sites for hydroxylation is 2. The van der Waals surface area contributed by atoms with Crippen LogP contribution >= 0.6 is 0 Å². The summed E-state index contributed by atoms with van der Waals surface area (Å²) in [5.74, 6) is -1.53. The predicted molar refractivity (Wildman–Crippen MR) is 98.5 cm³/mol. The van der Waals surface area contributed by atoms with E-state index in [-0.39, 0.29) is 17.9 Å². The third-order valence-corrected chi connectivity index (χ3v) is 5.01. The van der Waals surface area contributed by atoms with E-state index in [4.69, 9.17) is 4.74 Å². The maximum atomic E-state index is 12.3. The summed E-state index contributed by atoms with van der Waals surface area (Å²) in [6.07, 6.45) is 0.466. The Kier molecular flexibility index (Phi) is 8.89. The molecule has 150 valence electrons. The second-order valence-corrected chi connectivity index (χ2v) is 7.62. The van der Waals surface area contributed by atoms with Crippen molar-refractivity contribution in [3.05, 3.63) is 29.3 Å². The van der Waals surface area contributed by atoms with E-state index < -0.39 is 34.5 Å². The Hall–Kier alpha value is -2.46. The first-order chi connectivity index (χ1) is 12.7. The van der Waals surface area contributed by atoms with Gasteiger partial charge in [0, 0.05) is 13.1 Å². The summed E-state index contributed by atoms with van der Waals surface area (Å²) in [6.45, 7) is 4.94. The molecule has 3 N–H and O–H groups in total. The number of hydrogen-bond acceptors (Lipinski definition) is 6. The number of rotatable bonds is 9. The molecule has 0 aliphatic rings. The Morgan fingerprint density at radius 1 is 1.11 bits per heavy atom. The van der Waals surface area contributed by atoms with Crippen LogP contribution in [0.3, 0.4) is 0 Å². The summed E-state index contributed by atoms with van der Waals surface area (Å²) in [6, 6.07) is 4.38. The zero-order valence-electron chi connectivity index (χ0n) is 15.6. The predicted octanol–water partition coefficient (Wildman–Crippen LogP) is 0.751. The first-order valence-electron chi connectivity index (χ1n) is 8.46. The van der Waals surface area contributed by atoms with Crippen LogP contribution in [0.4, 0.5) is 4.79 Å². The highest BCUT2D eigenvalue weighted by atomic mass is 32.2. The highest BCUT2D eigenvalue weighted by Gasteiger charge is 2.17. The largest absolute Gasteiger partial charge is 0.456 e. The maximum absolute atomic E-state index is 12.3. The zero-order chi connectivity index (χ0) is 20.4. The van der Waals surface area contributed by atoms with E-state index in [9.17, 15) is 22.8 Å². The Labute approximate surface area is 158 Å². The van der Waals surface area contributed by atoms with E-state index in [0.29, 0.717) is 18.5 Å². The molecule has 1 aromatic carbocycles. The number of benzene rings is 1. The van der Waals surface area contributed by atoms with Gasteiger partial charge in [0.1, 0.15) is 0 Å². The SMILES string of the molecule is CCCNC(=O)NC(=O)COC(=O)CCNS(=O)(=O)c1cc(C)ccc1C. The molecule has 0 aliphatic carbocycles. The third kappa shape index (κ3) is 8.18. The van der Waals surface area contributed by atoms with E-state index in [1.165, 1.54) is 0 Å². The van der Waals surface area contributed by atoms with Gasteiger partial charge in [-0.25, -0.2) is 17.9 Å². The van der Waals surface area contributed by atoms with Crippen molar-refractivity contribution in [3.8, 4) is 0 Å². The minimum Gasteiger partial charge on any atom is -0.456 e. The number of imide groups is 1. The molecule has 0 unspecified atom stereocenters. The molecule has 0 bridgehead atoms. The molecular formula is C17H25N3O6S. The van der Waals surface area contributed by atoms with Crippen LogP contribution in [-0.2, 0) is 24.3 Å². The molecule has 0 saturated carbocycles. The van der Waals surface area contributed by atoms with Crippen molar-refractivity contribution in [2.24, 2.45) is 0 Å². The van der Waals surface area contributed by atoms with Crippen LogP contribution in [-0.4, -0.2) is 46.0 Å². The van der Waals surface area contributed by atoms with E-state index >= 15 is 0 Å². The van der Waals surface area contributed by atoms with Gasteiger partial charge >= 0.3 is 12.0 Å². The molecule has 10 heteroatoms. The molecule has 0 spiro atoms. The van der Waals surface area contributed by atoms with Crippen LogP contribution in [0.5, 0.6) is 0 Å². The molecule has 1 aromatic rings. The second kappa shape index (κ2) is 10.6. The van der Waals surface area contributed by atoms with Crippen LogP contribution in [0.2, 0.25) is 0 Å². The number of nitrogens with one attached hydrogen (secondary N) is 3. The van der Waals surface area contributed by atoms with Gasteiger partial charge in [-0.15, -0.1) is 0 Å². The molecule has 0 fully saturated rings. The first-order valence-corrected chi connectivity index (χ1v) is 9.94. The van der Waals surface area contributed by atoms with Crippen LogP contribution in [0.1, 0.15) is 30.9 Å². The zero-order valence-corrected chi connectivity index (χ0v) is 16.4. The number of carbonyl (C=O) groups excluding carboxylic acids is 3. The summed E-state index contributed by atoms with van der Waals surface area (Å²) < 4.78 is 31.6. The lowest BCUT2D eigenvalue weighted by molar-refractivity contribution is -0.148. The Balaban J connectivity index is 2.39. The summed E-state index contributed by atoms with van der Waals surface area (Å²) in [7, 11) is -3.76.